The number of carbonyl (C=O) groups is 2. The quantitative estimate of drug-likeness (QED) is 0.660. The Bertz CT molecular complexity index is 827. The number of piperidine rings is 1. The van der Waals surface area contributed by atoms with Crippen molar-refractivity contribution in [2.24, 2.45) is 17.6 Å². The first-order valence-electron chi connectivity index (χ1n) is 9.82. The molecule has 1 atom stereocenters. The van der Waals surface area contributed by atoms with E-state index < -0.39 is 17.2 Å². The van der Waals surface area contributed by atoms with E-state index in [1.807, 2.05) is 30.5 Å². The molecule has 3 amide bonds. The Morgan fingerprint density at radius 3 is 2.66 bits per heavy atom. The minimum absolute atomic E-state index is 0.0348. The number of anilines is 1. The summed E-state index contributed by atoms with van der Waals surface area (Å²) in [5.74, 6) is 1.78. The number of thioether (sulfide) groups is 1. The van der Waals surface area contributed by atoms with Crippen LogP contribution in [0.4, 0.5) is 10.7 Å². The smallest absolute Gasteiger partial charge is 0.318 e. The van der Waals surface area contributed by atoms with E-state index in [0.29, 0.717) is 17.6 Å². The van der Waals surface area contributed by atoms with Gasteiger partial charge in [0.05, 0.1) is 18.1 Å². The van der Waals surface area contributed by atoms with Crippen molar-refractivity contribution in [1.82, 2.24) is 20.1 Å². The molecular formula is C19H28N6O3S. The fourth-order valence-electron chi connectivity index (χ4n) is 3.31. The largest absolute Gasteiger partial charge is 0.467 e. The molecule has 3 rings (SSSR count). The lowest BCUT2D eigenvalue weighted by molar-refractivity contribution is -0.120. The van der Waals surface area contributed by atoms with E-state index >= 15 is 0 Å². The van der Waals surface area contributed by atoms with E-state index in [4.69, 9.17) is 10.2 Å². The summed E-state index contributed by atoms with van der Waals surface area (Å²) in [6.07, 6.45) is 3.84. The molecule has 29 heavy (non-hydrogen) atoms. The van der Waals surface area contributed by atoms with Gasteiger partial charge in [-0.1, -0.05) is 32.5 Å². The molecule has 1 aliphatic heterocycles. The lowest BCUT2D eigenvalue weighted by atomic mass is 10.00. The summed E-state index contributed by atoms with van der Waals surface area (Å²) in [5, 5.41) is 11.1. The van der Waals surface area contributed by atoms with Crippen LogP contribution in [0.15, 0.2) is 28.0 Å². The molecule has 3 heterocycles. The number of hydrogen-bond donors (Lipinski definition) is 2. The highest BCUT2D eigenvalue weighted by molar-refractivity contribution is 8.00. The Morgan fingerprint density at radius 2 is 2.07 bits per heavy atom. The lowest BCUT2D eigenvalue weighted by Crippen LogP contribution is -2.42. The molecule has 0 bridgehead atoms. The van der Waals surface area contributed by atoms with Gasteiger partial charge in [-0.2, -0.15) is 0 Å². The van der Waals surface area contributed by atoms with Crippen molar-refractivity contribution >= 4 is 29.6 Å². The number of nitrogens with one attached hydrogen (secondary N) is 1. The molecule has 10 heteroatoms. The summed E-state index contributed by atoms with van der Waals surface area (Å²) < 4.78 is 7.51. The van der Waals surface area contributed by atoms with Gasteiger partial charge in [0.25, 0.3) is 0 Å². The Morgan fingerprint density at radius 1 is 1.34 bits per heavy atom. The van der Waals surface area contributed by atoms with Gasteiger partial charge in [0.1, 0.15) is 5.76 Å². The van der Waals surface area contributed by atoms with Gasteiger partial charge in [0, 0.05) is 13.1 Å². The number of hydrogen-bond acceptors (Lipinski definition) is 7. The maximum atomic E-state index is 12.5. The molecule has 0 spiro atoms. The molecule has 2 aromatic heterocycles. The van der Waals surface area contributed by atoms with Crippen LogP contribution in [0.1, 0.15) is 39.4 Å². The number of rotatable bonds is 7. The maximum Gasteiger partial charge on any atom is 0.318 e. The molecule has 1 fully saturated rings. The number of urea groups is 1. The molecule has 9 nitrogen and oxygen atoms in total. The van der Waals surface area contributed by atoms with Crippen molar-refractivity contribution in [1.29, 1.82) is 0 Å². The summed E-state index contributed by atoms with van der Waals surface area (Å²) in [6.45, 7) is 8.38. The van der Waals surface area contributed by atoms with Crippen molar-refractivity contribution < 1.29 is 14.0 Å². The number of amides is 3. The van der Waals surface area contributed by atoms with Crippen LogP contribution in [0.25, 0.3) is 0 Å². The first-order chi connectivity index (χ1) is 13.8. The summed E-state index contributed by atoms with van der Waals surface area (Å²) in [7, 11) is 0. The number of carbonyl (C=O) groups excluding carboxylic acids is 2. The summed E-state index contributed by atoms with van der Waals surface area (Å²) in [5.41, 5.74) is 5.13. The molecule has 0 saturated carbocycles. The zero-order valence-corrected chi connectivity index (χ0v) is 17.8. The number of primary amides is 1. The minimum Gasteiger partial charge on any atom is -0.467 e. The summed E-state index contributed by atoms with van der Waals surface area (Å²) in [6, 6.07) is 2.88. The second kappa shape index (κ2) is 9.34. The molecule has 0 aromatic carbocycles. The second-order valence-corrected chi connectivity index (χ2v) is 8.86. The molecule has 0 unspecified atom stereocenters. The van der Waals surface area contributed by atoms with E-state index in [0.717, 1.165) is 37.6 Å². The van der Waals surface area contributed by atoms with Gasteiger partial charge in [-0.25, -0.2) is 4.79 Å². The van der Waals surface area contributed by atoms with Gasteiger partial charge in [0.2, 0.25) is 11.9 Å². The van der Waals surface area contributed by atoms with Crippen LogP contribution < -0.4 is 16.0 Å². The van der Waals surface area contributed by atoms with Crippen molar-refractivity contribution in [3.05, 3.63) is 24.2 Å². The first-order valence-corrected chi connectivity index (χ1v) is 10.7. The van der Waals surface area contributed by atoms with Crippen LogP contribution in [0, 0.1) is 11.8 Å². The Labute approximate surface area is 174 Å². The molecule has 3 N–H and O–H groups in total. The SMILES string of the molecule is CC1CCN(c2nnc(S[C@@H](C(=O)NC(N)=O)C(C)C)n2Cc2ccco2)CC1. The molecule has 1 saturated heterocycles. The number of furan rings is 1. The van der Waals surface area contributed by atoms with E-state index in [9.17, 15) is 9.59 Å². The summed E-state index contributed by atoms with van der Waals surface area (Å²) >= 11 is 1.28. The molecular weight excluding hydrogens is 392 g/mol. The topological polar surface area (TPSA) is 119 Å². The summed E-state index contributed by atoms with van der Waals surface area (Å²) in [4.78, 5) is 25.8. The van der Waals surface area contributed by atoms with E-state index in [2.05, 4.69) is 27.3 Å². The zero-order valence-electron chi connectivity index (χ0n) is 17.0. The van der Waals surface area contributed by atoms with Crippen LogP contribution in [-0.2, 0) is 11.3 Å². The highest BCUT2D eigenvalue weighted by Crippen LogP contribution is 2.31. The normalized spacial score (nSPS) is 16.2. The average Bonchev–Trinajstić information content (AvgIpc) is 3.30. The monoisotopic (exact) mass is 420 g/mol. The Kier molecular flexibility index (Phi) is 6.83. The maximum absolute atomic E-state index is 12.5. The highest BCUT2D eigenvalue weighted by atomic mass is 32.2. The average molecular weight is 421 g/mol. The molecule has 2 aromatic rings. The molecule has 0 aliphatic carbocycles. The van der Waals surface area contributed by atoms with E-state index in [1.54, 1.807) is 6.26 Å². The van der Waals surface area contributed by atoms with Crippen LogP contribution in [0.3, 0.4) is 0 Å². The number of imide groups is 1. The molecule has 0 radical (unpaired) electrons. The third-order valence-electron chi connectivity index (χ3n) is 5.00. The van der Waals surface area contributed by atoms with Gasteiger partial charge in [0.15, 0.2) is 5.16 Å². The van der Waals surface area contributed by atoms with Crippen molar-refractivity contribution in [2.45, 2.75) is 50.6 Å². The lowest BCUT2D eigenvalue weighted by Gasteiger charge is -2.31. The third-order valence-corrected chi connectivity index (χ3v) is 6.53. The van der Waals surface area contributed by atoms with Gasteiger partial charge >= 0.3 is 6.03 Å². The van der Waals surface area contributed by atoms with E-state index in [-0.39, 0.29) is 5.92 Å². The standard InChI is InChI=1S/C19H28N6O3S/c1-12(2)15(16(26)21-17(20)27)29-19-23-22-18(24-8-6-13(3)7-9-24)25(19)11-14-5-4-10-28-14/h4-5,10,12-13,15H,6-9,11H2,1-3H3,(H3,20,21,26,27)/t15-/m1/s1. The van der Waals surface area contributed by atoms with Crippen LogP contribution in [0.2, 0.25) is 0 Å². The van der Waals surface area contributed by atoms with Gasteiger partial charge < -0.3 is 15.1 Å². The molecule has 1 aliphatic rings. The Balaban J connectivity index is 1.88. The third kappa shape index (κ3) is 5.31. The minimum atomic E-state index is -0.860. The number of nitrogens with zero attached hydrogens (tertiary/aromatic N) is 4. The fraction of sp³-hybridized carbons (Fsp3) is 0.579. The second-order valence-electron chi connectivity index (χ2n) is 7.75. The number of aromatic nitrogens is 3. The Hall–Kier alpha value is -2.49. The predicted octanol–water partition coefficient (Wildman–Crippen LogP) is 2.47. The first kappa shape index (κ1) is 21.2. The van der Waals surface area contributed by atoms with Gasteiger partial charge in [-0.3, -0.25) is 14.7 Å². The van der Waals surface area contributed by atoms with E-state index in [1.165, 1.54) is 11.8 Å². The number of nitrogens with two attached hydrogens (primary N) is 1. The zero-order chi connectivity index (χ0) is 21.0. The van der Waals surface area contributed by atoms with Gasteiger partial charge in [-0.15, -0.1) is 10.2 Å². The molecule has 158 valence electrons. The van der Waals surface area contributed by atoms with Crippen LogP contribution in [-0.4, -0.2) is 45.0 Å². The fourth-order valence-corrected chi connectivity index (χ4v) is 4.33. The van der Waals surface area contributed by atoms with Gasteiger partial charge in [-0.05, 0) is 36.8 Å². The van der Waals surface area contributed by atoms with Crippen molar-refractivity contribution in [3.63, 3.8) is 0 Å². The highest BCUT2D eigenvalue weighted by Gasteiger charge is 2.29. The predicted molar refractivity (Wildman–Crippen MR) is 111 cm³/mol. The van der Waals surface area contributed by atoms with Crippen LogP contribution >= 0.6 is 11.8 Å². The van der Waals surface area contributed by atoms with Crippen LogP contribution in [0.5, 0.6) is 0 Å². The van der Waals surface area contributed by atoms with Crippen molar-refractivity contribution in [3.8, 4) is 0 Å². The van der Waals surface area contributed by atoms with Crippen molar-refractivity contribution in [2.75, 3.05) is 18.0 Å².